The van der Waals surface area contributed by atoms with E-state index in [0.717, 1.165) is 31.7 Å². The van der Waals surface area contributed by atoms with Gasteiger partial charge in [-0.3, -0.25) is 9.88 Å². The first-order valence-electron chi connectivity index (χ1n) is 10.4. The molecular formula is C24H25N3O5. The van der Waals surface area contributed by atoms with E-state index >= 15 is 0 Å². The zero-order chi connectivity index (χ0) is 22.7. The Bertz CT molecular complexity index is 1140. The highest BCUT2D eigenvalue weighted by Crippen LogP contribution is 2.30. The number of aromatic carboxylic acids is 1. The predicted octanol–water partition coefficient (Wildman–Crippen LogP) is 2.59. The molecule has 0 amide bonds. The summed E-state index contributed by atoms with van der Waals surface area (Å²) in [5, 5.41) is 20.3. The molecule has 0 bridgehead atoms. The number of fused-ring (bicyclic) bond motifs is 1. The van der Waals surface area contributed by atoms with Gasteiger partial charge in [0.15, 0.2) is 0 Å². The third-order valence-electron chi connectivity index (χ3n) is 5.72. The number of aromatic nitrogens is 1. The monoisotopic (exact) mass is 435 g/mol. The standard InChI is InChI=1S/C24H25N3O5/c1-26-8-10-27(11-9-26)15-32-24(31)18-6-7-21-20(13-18)22(28)19(14-25-21)12-16-2-4-17(5-3-16)23(29)30/h2-7,13-14H,8-12,15H2,1H3,(H,25,28)(H,29,30). The van der Waals surface area contributed by atoms with E-state index in [1.54, 1.807) is 36.5 Å². The van der Waals surface area contributed by atoms with E-state index in [0.29, 0.717) is 28.5 Å². The van der Waals surface area contributed by atoms with Gasteiger partial charge < -0.3 is 19.8 Å². The first kappa shape index (κ1) is 21.7. The van der Waals surface area contributed by atoms with Gasteiger partial charge in [-0.05, 0) is 42.9 Å². The maximum atomic E-state index is 12.6. The van der Waals surface area contributed by atoms with Gasteiger partial charge in [0.1, 0.15) is 12.5 Å². The van der Waals surface area contributed by atoms with E-state index in [4.69, 9.17) is 9.84 Å². The molecule has 2 N–H and O–H groups in total. The third kappa shape index (κ3) is 4.87. The number of aromatic hydroxyl groups is 1. The summed E-state index contributed by atoms with van der Waals surface area (Å²) in [5.41, 5.74) is 2.56. The average molecular weight is 435 g/mol. The van der Waals surface area contributed by atoms with Gasteiger partial charge >= 0.3 is 11.9 Å². The van der Waals surface area contributed by atoms with E-state index in [2.05, 4.69) is 21.8 Å². The number of pyridine rings is 1. The minimum atomic E-state index is -0.987. The van der Waals surface area contributed by atoms with E-state index in [-0.39, 0.29) is 18.0 Å². The molecule has 8 heteroatoms. The van der Waals surface area contributed by atoms with Crippen LogP contribution in [0.25, 0.3) is 10.9 Å². The molecule has 0 spiro atoms. The number of hydrogen-bond acceptors (Lipinski definition) is 7. The van der Waals surface area contributed by atoms with E-state index < -0.39 is 11.9 Å². The SMILES string of the molecule is CN1CCN(COC(=O)c2ccc3ncc(Cc4ccc(C(=O)O)cc4)c(O)c3c2)CC1. The Labute approximate surface area is 185 Å². The molecule has 8 nitrogen and oxygen atoms in total. The predicted molar refractivity (Wildman–Crippen MR) is 119 cm³/mol. The molecule has 2 heterocycles. The number of ether oxygens (including phenoxy) is 1. The second-order valence-electron chi connectivity index (χ2n) is 8.03. The molecule has 32 heavy (non-hydrogen) atoms. The Balaban J connectivity index is 1.49. The van der Waals surface area contributed by atoms with E-state index in [9.17, 15) is 14.7 Å². The number of carboxylic acid groups (broad SMARTS) is 1. The molecule has 0 atom stereocenters. The van der Waals surface area contributed by atoms with Crippen molar-refractivity contribution >= 4 is 22.8 Å². The molecule has 2 aromatic carbocycles. The van der Waals surface area contributed by atoms with Crippen molar-refractivity contribution in [1.82, 2.24) is 14.8 Å². The van der Waals surface area contributed by atoms with Crippen LogP contribution in [0.2, 0.25) is 0 Å². The quantitative estimate of drug-likeness (QED) is 0.570. The van der Waals surface area contributed by atoms with Crippen molar-refractivity contribution in [2.24, 2.45) is 0 Å². The molecule has 0 unspecified atom stereocenters. The van der Waals surface area contributed by atoms with Crippen LogP contribution < -0.4 is 0 Å². The molecule has 4 rings (SSSR count). The number of carbonyl (C=O) groups is 2. The first-order chi connectivity index (χ1) is 15.4. The number of esters is 1. The van der Waals surface area contributed by atoms with Crippen LogP contribution in [0.5, 0.6) is 5.75 Å². The van der Waals surface area contributed by atoms with Crippen LogP contribution in [-0.2, 0) is 11.2 Å². The Kier molecular flexibility index (Phi) is 6.34. The van der Waals surface area contributed by atoms with Gasteiger partial charge in [0.05, 0.1) is 16.6 Å². The number of carboxylic acids is 1. The number of likely N-dealkylation sites (N-methyl/N-ethyl adjacent to an activating group) is 1. The molecule has 0 radical (unpaired) electrons. The number of carbonyl (C=O) groups excluding carboxylic acids is 1. The molecular weight excluding hydrogens is 410 g/mol. The summed E-state index contributed by atoms with van der Waals surface area (Å²) in [6.45, 7) is 3.82. The fraction of sp³-hybridized carbons (Fsp3) is 0.292. The second kappa shape index (κ2) is 9.33. The number of hydrogen-bond donors (Lipinski definition) is 2. The van der Waals surface area contributed by atoms with Crippen LogP contribution in [0, 0.1) is 0 Å². The van der Waals surface area contributed by atoms with Crippen LogP contribution in [0.1, 0.15) is 31.8 Å². The zero-order valence-corrected chi connectivity index (χ0v) is 17.8. The Hall–Kier alpha value is -3.49. The second-order valence-corrected chi connectivity index (χ2v) is 8.03. The van der Waals surface area contributed by atoms with Crippen molar-refractivity contribution in [3.63, 3.8) is 0 Å². The zero-order valence-electron chi connectivity index (χ0n) is 17.8. The number of benzene rings is 2. The van der Waals surface area contributed by atoms with Crippen molar-refractivity contribution in [2.75, 3.05) is 40.0 Å². The topological polar surface area (TPSA) is 103 Å². The van der Waals surface area contributed by atoms with Crippen molar-refractivity contribution in [3.8, 4) is 5.75 Å². The summed E-state index contributed by atoms with van der Waals surface area (Å²) < 4.78 is 5.47. The minimum Gasteiger partial charge on any atom is -0.507 e. The number of piperazine rings is 1. The van der Waals surface area contributed by atoms with Crippen LogP contribution >= 0.6 is 0 Å². The van der Waals surface area contributed by atoms with Gasteiger partial charge in [-0.1, -0.05) is 12.1 Å². The van der Waals surface area contributed by atoms with Crippen LogP contribution in [0.3, 0.4) is 0 Å². The lowest BCUT2D eigenvalue weighted by Crippen LogP contribution is -2.45. The lowest BCUT2D eigenvalue weighted by atomic mass is 10.0. The van der Waals surface area contributed by atoms with Gasteiger partial charge in [0.2, 0.25) is 0 Å². The Morgan fingerprint density at radius 2 is 1.72 bits per heavy atom. The highest BCUT2D eigenvalue weighted by atomic mass is 16.5. The molecule has 3 aromatic rings. The minimum absolute atomic E-state index is 0.0472. The fourth-order valence-corrected chi connectivity index (χ4v) is 3.67. The molecule has 1 saturated heterocycles. The fourth-order valence-electron chi connectivity index (χ4n) is 3.67. The highest BCUT2D eigenvalue weighted by Gasteiger charge is 2.17. The highest BCUT2D eigenvalue weighted by molar-refractivity contribution is 5.96. The average Bonchev–Trinajstić information content (AvgIpc) is 2.80. The maximum absolute atomic E-state index is 12.6. The Morgan fingerprint density at radius 1 is 1.03 bits per heavy atom. The normalized spacial score (nSPS) is 15.0. The van der Waals surface area contributed by atoms with Crippen molar-refractivity contribution in [2.45, 2.75) is 6.42 Å². The van der Waals surface area contributed by atoms with Gasteiger partial charge in [0, 0.05) is 49.7 Å². The molecule has 1 fully saturated rings. The lowest BCUT2D eigenvalue weighted by Gasteiger charge is -2.31. The van der Waals surface area contributed by atoms with E-state index in [1.165, 1.54) is 12.1 Å². The Morgan fingerprint density at radius 3 is 2.41 bits per heavy atom. The number of nitrogens with zero attached hydrogens (tertiary/aromatic N) is 3. The summed E-state index contributed by atoms with van der Waals surface area (Å²) in [7, 11) is 2.07. The third-order valence-corrected chi connectivity index (χ3v) is 5.72. The molecule has 166 valence electrons. The van der Waals surface area contributed by atoms with Crippen LogP contribution in [-0.4, -0.2) is 76.9 Å². The largest absolute Gasteiger partial charge is 0.507 e. The summed E-state index contributed by atoms with van der Waals surface area (Å²) in [6, 6.07) is 11.4. The first-order valence-corrected chi connectivity index (χ1v) is 10.4. The van der Waals surface area contributed by atoms with Gasteiger partial charge in [0.25, 0.3) is 0 Å². The summed E-state index contributed by atoms with van der Waals surface area (Å²) >= 11 is 0. The van der Waals surface area contributed by atoms with Crippen molar-refractivity contribution < 1.29 is 24.5 Å². The molecule has 1 aromatic heterocycles. The number of rotatable bonds is 6. The maximum Gasteiger partial charge on any atom is 0.339 e. The van der Waals surface area contributed by atoms with Crippen LogP contribution in [0.15, 0.2) is 48.7 Å². The molecule has 0 aliphatic carbocycles. The van der Waals surface area contributed by atoms with Gasteiger partial charge in [-0.25, -0.2) is 9.59 Å². The molecule has 1 aliphatic rings. The summed E-state index contributed by atoms with van der Waals surface area (Å²) in [5.74, 6) is -1.38. The molecule has 1 aliphatic heterocycles. The molecule has 0 saturated carbocycles. The summed E-state index contributed by atoms with van der Waals surface area (Å²) in [6.07, 6.45) is 1.97. The van der Waals surface area contributed by atoms with Crippen molar-refractivity contribution in [1.29, 1.82) is 0 Å². The smallest absolute Gasteiger partial charge is 0.339 e. The van der Waals surface area contributed by atoms with Gasteiger partial charge in [-0.2, -0.15) is 0 Å². The lowest BCUT2D eigenvalue weighted by molar-refractivity contribution is 0.0102. The van der Waals surface area contributed by atoms with Crippen molar-refractivity contribution in [3.05, 3.63) is 70.9 Å². The van der Waals surface area contributed by atoms with Gasteiger partial charge in [-0.15, -0.1) is 0 Å². The van der Waals surface area contributed by atoms with E-state index in [1.807, 2.05) is 0 Å². The summed E-state index contributed by atoms with van der Waals surface area (Å²) in [4.78, 5) is 32.3. The van der Waals surface area contributed by atoms with Crippen LogP contribution in [0.4, 0.5) is 0 Å².